The van der Waals surface area contributed by atoms with Gasteiger partial charge in [-0.1, -0.05) is 12.1 Å². The molecule has 0 saturated carbocycles. The Morgan fingerprint density at radius 2 is 1.61 bits per heavy atom. The van der Waals surface area contributed by atoms with E-state index in [4.69, 9.17) is 4.74 Å². The van der Waals surface area contributed by atoms with Crippen LogP contribution in [0.25, 0.3) is 0 Å². The van der Waals surface area contributed by atoms with Crippen molar-refractivity contribution in [3.8, 4) is 5.88 Å². The predicted molar refractivity (Wildman–Crippen MR) is 111 cm³/mol. The van der Waals surface area contributed by atoms with Crippen LogP contribution in [-0.2, 0) is 10.0 Å². The van der Waals surface area contributed by atoms with Crippen molar-refractivity contribution in [1.29, 1.82) is 0 Å². The van der Waals surface area contributed by atoms with Crippen LogP contribution in [0.4, 0.5) is 11.5 Å². The van der Waals surface area contributed by atoms with Crippen LogP contribution in [-0.4, -0.2) is 48.9 Å². The highest BCUT2D eigenvalue weighted by atomic mass is 32.2. The SMILES string of the molecule is COc1cc(NS(=O)(=O)c2ccc(NCN3C(=O)c4ccccc4C3=O)cc2)ncn1. The molecule has 4 rings (SSSR count). The van der Waals surface area contributed by atoms with Crippen LogP contribution in [0.3, 0.4) is 0 Å². The Labute approximate surface area is 177 Å². The van der Waals surface area contributed by atoms with Crippen LogP contribution < -0.4 is 14.8 Å². The number of methoxy groups -OCH3 is 1. The van der Waals surface area contributed by atoms with Crippen molar-refractivity contribution in [2.45, 2.75) is 4.90 Å². The van der Waals surface area contributed by atoms with E-state index in [1.807, 2.05) is 0 Å². The molecule has 2 heterocycles. The van der Waals surface area contributed by atoms with Gasteiger partial charge in [0.1, 0.15) is 12.1 Å². The van der Waals surface area contributed by atoms with Crippen LogP contribution in [0.15, 0.2) is 65.8 Å². The number of ether oxygens (including phenoxy) is 1. The van der Waals surface area contributed by atoms with Crippen LogP contribution in [0.5, 0.6) is 5.88 Å². The molecule has 1 aliphatic rings. The first-order valence-corrected chi connectivity index (χ1v) is 10.6. The van der Waals surface area contributed by atoms with Crippen molar-refractivity contribution in [2.24, 2.45) is 0 Å². The zero-order valence-corrected chi connectivity index (χ0v) is 17.1. The van der Waals surface area contributed by atoms with Crippen molar-refractivity contribution in [3.63, 3.8) is 0 Å². The summed E-state index contributed by atoms with van der Waals surface area (Å²) in [4.78, 5) is 33.6. The van der Waals surface area contributed by atoms with E-state index in [0.29, 0.717) is 16.8 Å². The molecule has 10 nitrogen and oxygen atoms in total. The van der Waals surface area contributed by atoms with E-state index in [0.717, 1.165) is 4.90 Å². The number of carbonyl (C=O) groups excluding carboxylic acids is 2. The van der Waals surface area contributed by atoms with E-state index in [1.54, 1.807) is 24.3 Å². The summed E-state index contributed by atoms with van der Waals surface area (Å²) in [6.07, 6.45) is 1.18. The molecule has 0 bridgehead atoms. The van der Waals surface area contributed by atoms with Gasteiger partial charge >= 0.3 is 0 Å². The largest absolute Gasteiger partial charge is 0.481 e. The van der Waals surface area contributed by atoms with E-state index in [1.165, 1.54) is 43.8 Å². The number of sulfonamides is 1. The summed E-state index contributed by atoms with van der Waals surface area (Å²) in [5.41, 5.74) is 1.27. The molecule has 0 unspecified atom stereocenters. The minimum Gasteiger partial charge on any atom is -0.481 e. The van der Waals surface area contributed by atoms with E-state index >= 15 is 0 Å². The summed E-state index contributed by atoms with van der Waals surface area (Å²) in [6.45, 7) is -0.0442. The highest BCUT2D eigenvalue weighted by Crippen LogP contribution is 2.23. The molecule has 0 fully saturated rings. The smallest absolute Gasteiger partial charge is 0.263 e. The molecule has 0 aliphatic carbocycles. The standard InChI is InChI=1S/C20H17N5O5S/c1-30-18-10-17(21-11-22-18)24-31(28,29)14-8-6-13(7-9-14)23-12-25-19(26)15-4-2-3-5-16(15)20(25)27/h2-11,23H,12H2,1H3,(H,21,22,24). The van der Waals surface area contributed by atoms with Gasteiger partial charge in [0.2, 0.25) is 5.88 Å². The van der Waals surface area contributed by atoms with Crippen molar-refractivity contribution in [3.05, 3.63) is 72.1 Å². The average molecular weight is 439 g/mol. The maximum atomic E-state index is 12.6. The fourth-order valence-electron chi connectivity index (χ4n) is 3.01. The van der Waals surface area contributed by atoms with Gasteiger partial charge < -0.3 is 10.1 Å². The Balaban J connectivity index is 1.43. The molecule has 1 aliphatic heterocycles. The number of anilines is 2. The number of amides is 2. The first kappa shape index (κ1) is 20.3. The quantitative estimate of drug-likeness (QED) is 0.534. The number of benzene rings is 2. The number of hydrogen-bond acceptors (Lipinski definition) is 8. The summed E-state index contributed by atoms with van der Waals surface area (Å²) < 4.78 is 32.4. The molecule has 0 atom stereocenters. The Morgan fingerprint density at radius 3 is 2.23 bits per heavy atom. The second-order valence-corrected chi connectivity index (χ2v) is 8.18. The van der Waals surface area contributed by atoms with E-state index in [9.17, 15) is 18.0 Å². The van der Waals surface area contributed by atoms with Crippen LogP contribution in [0, 0.1) is 0 Å². The molecule has 3 aromatic rings. The fraction of sp³-hybridized carbons (Fsp3) is 0.100. The normalized spacial score (nSPS) is 13.1. The van der Waals surface area contributed by atoms with Crippen molar-refractivity contribution >= 4 is 33.3 Å². The Bertz CT molecular complexity index is 1230. The number of carbonyl (C=O) groups is 2. The fourth-order valence-corrected chi connectivity index (χ4v) is 4.01. The summed E-state index contributed by atoms with van der Waals surface area (Å²) in [6, 6.07) is 13.8. The van der Waals surface area contributed by atoms with Gasteiger partial charge in [-0.05, 0) is 36.4 Å². The monoisotopic (exact) mass is 439 g/mol. The second-order valence-electron chi connectivity index (χ2n) is 6.49. The van der Waals surface area contributed by atoms with Gasteiger partial charge in [-0.25, -0.2) is 18.4 Å². The minimum absolute atomic E-state index is 0.0105. The zero-order valence-electron chi connectivity index (χ0n) is 16.3. The topological polar surface area (TPSA) is 131 Å². The molecule has 158 valence electrons. The summed E-state index contributed by atoms with van der Waals surface area (Å²) in [5, 5.41) is 2.96. The molecule has 11 heteroatoms. The van der Waals surface area contributed by atoms with E-state index in [-0.39, 0.29) is 35.1 Å². The first-order valence-electron chi connectivity index (χ1n) is 9.07. The molecule has 0 spiro atoms. The minimum atomic E-state index is -3.88. The zero-order chi connectivity index (χ0) is 22.0. The Morgan fingerprint density at radius 1 is 0.968 bits per heavy atom. The second kappa shape index (κ2) is 8.03. The molecule has 2 aromatic carbocycles. The molecule has 31 heavy (non-hydrogen) atoms. The molecule has 2 amide bonds. The summed E-state index contributed by atoms with van der Waals surface area (Å²) >= 11 is 0. The lowest BCUT2D eigenvalue weighted by molar-refractivity contribution is 0.0665. The maximum Gasteiger partial charge on any atom is 0.263 e. The highest BCUT2D eigenvalue weighted by Gasteiger charge is 2.34. The van der Waals surface area contributed by atoms with Crippen LogP contribution >= 0.6 is 0 Å². The van der Waals surface area contributed by atoms with E-state index < -0.39 is 10.0 Å². The number of aromatic nitrogens is 2. The number of nitrogens with zero attached hydrogens (tertiary/aromatic N) is 3. The molecule has 0 saturated heterocycles. The lowest BCUT2D eigenvalue weighted by atomic mass is 10.1. The molecule has 2 N–H and O–H groups in total. The third-order valence-corrected chi connectivity index (χ3v) is 5.94. The van der Waals surface area contributed by atoms with Crippen LogP contribution in [0.2, 0.25) is 0 Å². The van der Waals surface area contributed by atoms with Crippen molar-refractivity contribution in [1.82, 2.24) is 14.9 Å². The number of rotatable bonds is 7. The van der Waals surface area contributed by atoms with Crippen LogP contribution in [0.1, 0.15) is 20.7 Å². The average Bonchev–Trinajstić information content (AvgIpc) is 3.02. The molecule has 0 radical (unpaired) electrons. The number of nitrogens with one attached hydrogen (secondary N) is 2. The van der Waals surface area contributed by atoms with Gasteiger partial charge in [0.25, 0.3) is 21.8 Å². The summed E-state index contributed by atoms with van der Waals surface area (Å²) in [5.74, 6) is -0.464. The number of fused-ring (bicyclic) bond motifs is 1. The van der Waals surface area contributed by atoms with Gasteiger partial charge in [-0.15, -0.1) is 0 Å². The predicted octanol–water partition coefficient (Wildman–Crippen LogP) is 1.95. The van der Waals surface area contributed by atoms with Gasteiger partial charge in [-0.3, -0.25) is 19.2 Å². The highest BCUT2D eigenvalue weighted by molar-refractivity contribution is 7.92. The lowest BCUT2D eigenvalue weighted by Crippen LogP contribution is -2.34. The van der Waals surface area contributed by atoms with Gasteiger partial charge in [0, 0.05) is 11.8 Å². The number of imide groups is 1. The maximum absolute atomic E-state index is 12.6. The first-order chi connectivity index (χ1) is 14.9. The van der Waals surface area contributed by atoms with Gasteiger partial charge in [0.15, 0.2) is 0 Å². The Hall–Kier alpha value is -3.99. The van der Waals surface area contributed by atoms with E-state index in [2.05, 4.69) is 20.0 Å². The van der Waals surface area contributed by atoms with Gasteiger partial charge in [-0.2, -0.15) is 0 Å². The van der Waals surface area contributed by atoms with Crippen molar-refractivity contribution < 1.29 is 22.7 Å². The molecular formula is C20H17N5O5S. The number of hydrogen-bond donors (Lipinski definition) is 2. The van der Waals surface area contributed by atoms with Crippen molar-refractivity contribution in [2.75, 3.05) is 23.8 Å². The lowest BCUT2D eigenvalue weighted by Gasteiger charge is -2.16. The van der Waals surface area contributed by atoms with Gasteiger partial charge in [0.05, 0.1) is 29.8 Å². The molecule has 1 aromatic heterocycles. The Kier molecular flexibility index (Phi) is 5.26. The summed E-state index contributed by atoms with van der Waals surface area (Å²) in [7, 11) is -2.47. The third-order valence-electron chi connectivity index (χ3n) is 4.57. The third kappa shape index (κ3) is 4.03. The molecular weight excluding hydrogens is 422 g/mol.